The first-order chi connectivity index (χ1) is 11.6. The summed E-state index contributed by atoms with van der Waals surface area (Å²) in [6.45, 7) is 1.75. The lowest BCUT2D eigenvalue weighted by molar-refractivity contribution is -0.120. The molecule has 0 spiro atoms. The van der Waals surface area contributed by atoms with E-state index in [1.54, 1.807) is 19.2 Å². The van der Waals surface area contributed by atoms with E-state index >= 15 is 0 Å². The van der Waals surface area contributed by atoms with Crippen molar-refractivity contribution >= 4 is 17.6 Å². The van der Waals surface area contributed by atoms with Crippen LogP contribution in [0.2, 0.25) is 0 Å². The number of urea groups is 1. The molecule has 0 radical (unpaired) electrons. The topological polar surface area (TPSA) is 79.5 Å². The van der Waals surface area contributed by atoms with Gasteiger partial charge in [-0.05, 0) is 25.1 Å². The van der Waals surface area contributed by atoms with Gasteiger partial charge in [0.2, 0.25) is 5.91 Å². The van der Waals surface area contributed by atoms with E-state index < -0.39 is 6.03 Å². The van der Waals surface area contributed by atoms with E-state index in [1.165, 1.54) is 0 Å². The normalized spacial score (nSPS) is 11.2. The molecule has 0 aliphatic heterocycles. The smallest absolute Gasteiger partial charge is 0.319 e. The summed E-state index contributed by atoms with van der Waals surface area (Å²) in [5.41, 5.74) is 1.54. The highest BCUT2D eigenvalue weighted by Gasteiger charge is 2.14. The summed E-state index contributed by atoms with van der Waals surface area (Å²) in [5.74, 6) is 0.427. The summed E-state index contributed by atoms with van der Waals surface area (Å²) in [5, 5.41) is 8.00. The average Bonchev–Trinajstić information content (AvgIpc) is 2.60. The van der Waals surface area contributed by atoms with Crippen molar-refractivity contribution in [2.24, 2.45) is 0 Å². The van der Waals surface area contributed by atoms with Gasteiger partial charge in [-0.25, -0.2) is 4.79 Å². The van der Waals surface area contributed by atoms with E-state index in [0.29, 0.717) is 11.4 Å². The molecular weight excluding hydrogens is 306 g/mol. The van der Waals surface area contributed by atoms with Crippen LogP contribution in [-0.2, 0) is 4.79 Å². The fraction of sp³-hybridized carbons (Fsp3) is 0.222. The monoisotopic (exact) mass is 327 g/mol. The molecule has 3 amide bonds. The molecule has 0 aromatic heterocycles. The number of benzene rings is 2. The van der Waals surface area contributed by atoms with E-state index in [2.05, 4.69) is 16.0 Å². The number of nitrogens with one attached hydrogen (secondary N) is 3. The van der Waals surface area contributed by atoms with E-state index in [0.717, 1.165) is 5.56 Å². The fourth-order valence-electron chi connectivity index (χ4n) is 2.25. The van der Waals surface area contributed by atoms with Crippen LogP contribution in [0.5, 0.6) is 5.75 Å². The third-order valence-corrected chi connectivity index (χ3v) is 3.42. The molecule has 0 heterocycles. The Balaban J connectivity index is 1.81. The van der Waals surface area contributed by atoms with Gasteiger partial charge in [-0.15, -0.1) is 0 Å². The summed E-state index contributed by atoms with van der Waals surface area (Å²) in [6.07, 6.45) is 0. The third-order valence-electron chi connectivity index (χ3n) is 3.42. The Bertz CT molecular complexity index is 689. The van der Waals surface area contributed by atoms with Gasteiger partial charge in [0.15, 0.2) is 0 Å². The fourth-order valence-corrected chi connectivity index (χ4v) is 2.25. The lowest BCUT2D eigenvalue weighted by Crippen LogP contribution is -2.39. The quantitative estimate of drug-likeness (QED) is 0.763. The molecule has 0 saturated carbocycles. The highest BCUT2D eigenvalue weighted by molar-refractivity contribution is 5.92. The minimum atomic E-state index is -0.429. The zero-order valence-corrected chi connectivity index (χ0v) is 13.7. The third kappa shape index (κ3) is 5.01. The molecule has 2 aromatic rings. The number of carbonyl (C=O) groups is 2. The number of methoxy groups -OCH3 is 1. The molecule has 0 bridgehead atoms. The van der Waals surface area contributed by atoms with Crippen molar-refractivity contribution in [1.29, 1.82) is 0 Å². The van der Waals surface area contributed by atoms with Crippen LogP contribution >= 0.6 is 0 Å². The molecule has 0 aliphatic carbocycles. The Morgan fingerprint density at radius 3 is 2.42 bits per heavy atom. The summed E-state index contributed by atoms with van der Waals surface area (Å²) in [6, 6.07) is 15.8. The van der Waals surface area contributed by atoms with E-state index in [-0.39, 0.29) is 18.5 Å². The molecule has 2 aromatic carbocycles. The van der Waals surface area contributed by atoms with Crippen LogP contribution in [0.25, 0.3) is 0 Å². The van der Waals surface area contributed by atoms with Gasteiger partial charge in [0.1, 0.15) is 5.75 Å². The summed E-state index contributed by atoms with van der Waals surface area (Å²) in [4.78, 5) is 23.7. The van der Waals surface area contributed by atoms with Crippen molar-refractivity contribution in [3.05, 3.63) is 60.2 Å². The van der Waals surface area contributed by atoms with Crippen LogP contribution < -0.4 is 20.7 Å². The number of rotatable bonds is 6. The van der Waals surface area contributed by atoms with Gasteiger partial charge >= 0.3 is 6.03 Å². The number of carbonyl (C=O) groups excluding carboxylic acids is 2. The molecule has 3 N–H and O–H groups in total. The second kappa shape index (κ2) is 8.57. The van der Waals surface area contributed by atoms with Crippen molar-refractivity contribution in [2.75, 3.05) is 19.0 Å². The number of hydrogen-bond donors (Lipinski definition) is 3. The first kappa shape index (κ1) is 17.3. The molecule has 0 fully saturated rings. The van der Waals surface area contributed by atoms with Crippen molar-refractivity contribution in [1.82, 2.24) is 10.6 Å². The lowest BCUT2D eigenvalue weighted by Gasteiger charge is -2.17. The van der Waals surface area contributed by atoms with Crippen LogP contribution in [0, 0.1) is 0 Å². The van der Waals surface area contributed by atoms with Gasteiger partial charge in [0.25, 0.3) is 0 Å². The first-order valence-electron chi connectivity index (χ1n) is 7.62. The Hall–Kier alpha value is -3.02. The number of amides is 3. The van der Waals surface area contributed by atoms with Crippen LogP contribution in [0.15, 0.2) is 54.6 Å². The Morgan fingerprint density at radius 2 is 1.71 bits per heavy atom. The molecule has 1 atom stereocenters. The highest BCUT2D eigenvalue weighted by Crippen LogP contribution is 2.24. The molecular formula is C18H21N3O3. The van der Waals surface area contributed by atoms with Crippen molar-refractivity contribution in [2.45, 2.75) is 13.0 Å². The number of ether oxygens (including phenoxy) is 1. The highest BCUT2D eigenvalue weighted by atomic mass is 16.5. The molecule has 0 saturated heterocycles. The molecule has 0 unspecified atom stereocenters. The number of para-hydroxylation sites is 2. The molecule has 6 nitrogen and oxygen atoms in total. The summed E-state index contributed by atoms with van der Waals surface area (Å²) < 4.78 is 5.28. The minimum Gasteiger partial charge on any atom is -0.496 e. The summed E-state index contributed by atoms with van der Waals surface area (Å²) in [7, 11) is 1.59. The Morgan fingerprint density at radius 1 is 1.04 bits per heavy atom. The van der Waals surface area contributed by atoms with Gasteiger partial charge in [0, 0.05) is 11.3 Å². The zero-order valence-electron chi connectivity index (χ0n) is 13.7. The van der Waals surface area contributed by atoms with Crippen molar-refractivity contribution in [3.8, 4) is 5.75 Å². The van der Waals surface area contributed by atoms with E-state index in [9.17, 15) is 9.59 Å². The predicted octanol–water partition coefficient (Wildman–Crippen LogP) is 2.69. The lowest BCUT2D eigenvalue weighted by atomic mass is 10.1. The maximum Gasteiger partial charge on any atom is 0.319 e. The van der Waals surface area contributed by atoms with Crippen LogP contribution in [-0.4, -0.2) is 25.6 Å². The molecule has 126 valence electrons. The largest absolute Gasteiger partial charge is 0.496 e. The van der Waals surface area contributed by atoms with E-state index in [1.807, 2.05) is 49.4 Å². The SMILES string of the molecule is COc1ccccc1[C@@H](C)NC(=O)CNC(=O)Nc1ccccc1. The van der Waals surface area contributed by atoms with Crippen LogP contribution in [0.3, 0.4) is 0 Å². The minimum absolute atomic E-state index is 0.113. The molecule has 0 aliphatic rings. The van der Waals surface area contributed by atoms with Crippen LogP contribution in [0.4, 0.5) is 10.5 Å². The molecule has 2 rings (SSSR count). The molecule has 24 heavy (non-hydrogen) atoms. The average molecular weight is 327 g/mol. The standard InChI is InChI=1S/C18H21N3O3/c1-13(15-10-6-7-11-16(15)24-2)20-17(22)12-19-18(23)21-14-8-4-3-5-9-14/h3-11,13H,12H2,1-2H3,(H,20,22)(H2,19,21,23)/t13-/m1/s1. The zero-order chi connectivity index (χ0) is 17.4. The van der Waals surface area contributed by atoms with Gasteiger partial charge in [-0.1, -0.05) is 36.4 Å². The summed E-state index contributed by atoms with van der Waals surface area (Å²) >= 11 is 0. The number of anilines is 1. The second-order valence-electron chi connectivity index (χ2n) is 5.20. The maximum absolute atomic E-state index is 12.0. The van der Waals surface area contributed by atoms with Gasteiger partial charge in [-0.2, -0.15) is 0 Å². The van der Waals surface area contributed by atoms with Crippen molar-refractivity contribution < 1.29 is 14.3 Å². The Labute approximate surface area is 141 Å². The molecule has 6 heteroatoms. The van der Waals surface area contributed by atoms with E-state index in [4.69, 9.17) is 4.74 Å². The van der Waals surface area contributed by atoms with Gasteiger partial charge in [-0.3, -0.25) is 4.79 Å². The number of hydrogen-bond acceptors (Lipinski definition) is 3. The van der Waals surface area contributed by atoms with Crippen molar-refractivity contribution in [3.63, 3.8) is 0 Å². The predicted molar refractivity (Wildman–Crippen MR) is 93.0 cm³/mol. The Kier molecular flexibility index (Phi) is 6.19. The van der Waals surface area contributed by atoms with Crippen LogP contribution in [0.1, 0.15) is 18.5 Å². The first-order valence-corrected chi connectivity index (χ1v) is 7.62. The van der Waals surface area contributed by atoms with Gasteiger partial charge < -0.3 is 20.7 Å². The second-order valence-corrected chi connectivity index (χ2v) is 5.20. The van der Waals surface area contributed by atoms with Gasteiger partial charge in [0.05, 0.1) is 19.7 Å². The maximum atomic E-state index is 12.0.